The van der Waals surface area contributed by atoms with Crippen molar-refractivity contribution >= 4 is 20.9 Å². The molecule has 0 saturated heterocycles. The number of halogens is 3. The molecule has 164 valence electrons. The summed E-state index contributed by atoms with van der Waals surface area (Å²) >= 11 is 0. The summed E-state index contributed by atoms with van der Waals surface area (Å²) in [6, 6.07) is 3.97. The van der Waals surface area contributed by atoms with Crippen molar-refractivity contribution in [1.82, 2.24) is 19.1 Å². The predicted octanol–water partition coefficient (Wildman–Crippen LogP) is 2.70. The zero-order chi connectivity index (χ0) is 23.1. The molecule has 0 aromatic carbocycles. The molecule has 0 aliphatic carbocycles. The normalized spacial score (nSPS) is 12.3. The maximum atomic E-state index is 13.4. The standard InChI is InChI=1S/C19H18F3N5O3S/c1-4-27-14(19(20,21)22)9-12-16(18(27)28)26(3)17(25-12)15-13(31(29,30)5-2)8-11(6-7-23)10-24-15/h8-10H,4-6H2,1-3H3. The zero-order valence-corrected chi connectivity index (χ0v) is 17.7. The Morgan fingerprint density at radius 1 is 1.23 bits per heavy atom. The van der Waals surface area contributed by atoms with E-state index in [0.717, 1.165) is 6.07 Å². The number of hydrogen-bond donors (Lipinski definition) is 0. The lowest BCUT2D eigenvalue weighted by atomic mass is 10.2. The molecule has 0 aliphatic rings. The van der Waals surface area contributed by atoms with Crippen molar-refractivity contribution in [3.05, 3.63) is 39.9 Å². The monoisotopic (exact) mass is 453 g/mol. The van der Waals surface area contributed by atoms with Gasteiger partial charge in [0.05, 0.1) is 28.7 Å². The molecule has 8 nitrogen and oxygen atoms in total. The summed E-state index contributed by atoms with van der Waals surface area (Å²) in [7, 11) is -2.41. The SMILES string of the molecule is CCn1c(C(F)(F)F)cc2nc(-c3ncc(CC#N)cc3S(=O)(=O)CC)n(C)c2c1=O. The lowest BCUT2D eigenvalue weighted by molar-refractivity contribution is -0.144. The highest BCUT2D eigenvalue weighted by Gasteiger charge is 2.36. The Morgan fingerprint density at radius 2 is 1.90 bits per heavy atom. The highest BCUT2D eigenvalue weighted by Crippen LogP contribution is 2.32. The summed E-state index contributed by atoms with van der Waals surface area (Å²) in [5.41, 5.74) is -2.09. The Kier molecular flexibility index (Phi) is 5.66. The summed E-state index contributed by atoms with van der Waals surface area (Å²) < 4.78 is 67.5. The van der Waals surface area contributed by atoms with Crippen molar-refractivity contribution < 1.29 is 21.6 Å². The Morgan fingerprint density at radius 3 is 2.45 bits per heavy atom. The first-order valence-electron chi connectivity index (χ1n) is 9.22. The van der Waals surface area contributed by atoms with Crippen molar-refractivity contribution in [3.8, 4) is 17.6 Å². The molecule has 3 aromatic heterocycles. The Hall–Kier alpha value is -3.20. The maximum Gasteiger partial charge on any atom is 0.431 e. The van der Waals surface area contributed by atoms with E-state index < -0.39 is 27.3 Å². The van der Waals surface area contributed by atoms with Gasteiger partial charge < -0.3 is 9.13 Å². The Bertz CT molecular complexity index is 1380. The number of nitriles is 1. The van der Waals surface area contributed by atoms with Gasteiger partial charge in [-0.15, -0.1) is 0 Å². The molecule has 0 fully saturated rings. The number of nitrogens with zero attached hydrogens (tertiary/aromatic N) is 5. The highest BCUT2D eigenvalue weighted by atomic mass is 32.2. The van der Waals surface area contributed by atoms with E-state index in [2.05, 4.69) is 9.97 Å². The third-order valence-corrected chi connectivity index (χ3v) is 6.60. The van der Waals surface area contributed by atoms with E-state index in [1.54, 1.807) is 0 Å². The number of imidazole rings is 1. The van der Waals surface area contributed by atoms with Gasteiger partial charge in [0.25, 0.3) is 5.56 Å². The molecule has 0 aliphatic heterocycles. The minimum atomic E-state index is -4.77. The van der Waals surface area contributed by atoms with Crippen molar-refractivity contribution in [3.63, 3.8) is 0 Å². The molecule has 3 rings (SSSR count). The molecule has 0 N–H and O–H groups in total. The fourth-order valence-corrected chi connectivity index (χ4v) is 4.39. The summed E-state index contributed by atoms with van der Waals surface area (Å²) in [6.07, 6.45) is -3.54. The number of alkyl halides is 3. The van der Waals surface area contributed by atoms with Gasteiger partial charge in [-0.2, -0.15) is 18.4 Å². The van der Waals surface area contributed by atoms with E-state index >= 15 is 0 Å². The second-order valence-corrected chi connectivity index (χ2v) is 8.98. The summed E-state index contributed by atoms with van der Waals surface area (Å²) in [4.78, 5) is 20.9. The number of hydrogen-bond acceptors (Lipinski definition) is 6. The van der Waals surface area contributed by atoms with E-state index in [-0.39, 0.29) is 46.2 Å². The van der Waals surface area contributed by atoms with E-state index in [9.17, 15) is 26.4 Å². The first-order chi connectivity index (χ1) is 14.5. The van der Waals surface area contributed by atoms with Gasteiger partial charge in [-0.3, -0.25) is 9.78 Å². The molecule has 3 heterocycles. The average Bonchev–Trinajstić information content (AvgIpc) is 3.04. The first kappa shape index (κ1) is 22.5. The molecule has 0 unspecified atom stereocenters. The molecule has 0 atom stereocenters. The third-order valence-electron chi connectivity index (χ3n) is 4.86. The average molecular weight is 453 g/mol. The van der Waals surface area contributed by atoms with Crippen LogP contribution in [0.3, 0.4) is 0 Å². The molecule has 3 aromatic rings. The minimum absolute atomic E-state index is 0.0652. The molecule has 0 radical (unpaired) electrons. The van der Waals surface area contributed by atoms with Crippen molar-refractivity contribution in [2.24, 2.45) is 7.05 Å². The highest BCUT2D eigenvalue weighted by molar-refractivity contribution is 7.91. The van der Waals surface area contributed by atoms with Crippen LogP contribution in [0.4, 0.5) is 13.2 Å². The summed E-state index contributed by atoms with van der Waals surface area (Å²) in [6.45, 7) is 2.64. The van der Waals surface area contributed by atoms with Crippen LogP contribution >= 0.6 is 0 Å². The van der Waals surface area contributed by atoms with Gasteiger partial charge in [0.15, 0.2) is 15.7 Å². The molecule has 0 amide bonds. The van der Waals surface area contributed by atoms with Gasteiger partial charge in [-0.25, -0.2) is 13.4 Å². The van der Waals surface area contributed by atoms with Gasteiger partial charge in [0, 0.05) is 19.8 Å². The second-order valence-electron chi connectivity index (χ2n) is 6.73. The van der Waals surface area contributed by atoms with Crippen LogP contribution < -0.4 is 5.56 Å². The van der Waals surface area contributed by atoms with Gasteiger partial charge in [0.2, 0.25) is 0 Å². The maximum absolute atomic E-state index is 13.4. The number of aromatic nitrogens is 4. The molecule has 0 saturated carbocycles. The number of fused-ring (bicyclic) bond motifs is 1. The lowest BCUT2D eigenvalue weighted by Crippen LogP contribution is -2.28. The smallest absolute Gasteiger partial charge is 0.321 e. The van der Waals surface area contributed by atoms with Crippen LogP contribution in [-0.4, -0.2) is 33.3 Å². The largest absolute Gasteiger partial charge is 0.431 e. The zero-order valence-electron chi connectivity index (χ0n) is 16.9. The van der Waals surface area contributed by atoms with Crippen molar-refractivity contribution in [2.45, 2.75) is 37.9 Å². The van der Waals surface area contributed by atoms with Crippen LogP contribution in [0.25, 0.3) is 22.6 Å². The fraction of sp³-hybridized carbons (Fsp3) is 0.368. The van der Waals surface area contributed by atoms with Crippen LogP contribution in [0.5, 0.6) is 0 Å². The molecular weight excluding hydrogens is 435 g/mol. The lowest BCUT2D eigenvalue weighted by Gasteiger charge is -2.14. The third kappa shape index (κ3) is 3.81. The number of sulfone groups is 1. The van der Waals surface area contributed by atoms with E-state index in [1.165, 1.54) is 37.7 Å². The second kappa shape index (κ2) is 7.81. The van der Waals surface area contributed by atoms with Gasteiger partial charge in [-0.05, 0) is 24.6 Å². The number of aryl methyl sites for hydroxylation is 1. The summed E-state index contributed by atoms with van der Waals surface area (Å²) in [5.74, 6) is -0.327. The van der Waals surface area contributed by atoms with Crippen LogP contribution in [0, 0.1) is 11.3 Å². The Balaban J connectivity index is 2.40. The molecule has 0 bridgehead atoms. The molecule has 0 spiro atoms. The summed E-state index contributed by atoms with van der Waals surface area (Å²) in [5, 5.41) is 8.90. The van der Waals surface area contributed by atoms with E-state index in [1.807, 2.05) is 6.07 Å². The predicted molar refractivity (Wildman–Crippen MR) is 106 cm³/mol. The topological polar surface area (TPSA) is 111 Å². The van der Waals surface area contributed by atoms with Gasteiger partial charge in [-0.1, -0.05) is 6.92 Å². The number of pyridine rings is 2. The van der Waals surface area contributed by atoms with Crippen molar-refractivity contribution in [1.29, 1.82) is 5.26 Å². The molecule has 12 heteroatoms. The Labute approximate surface area is 175 Å². The van der Waals surface area contributed by atoms with Crippen molar-refractivity contribution in [2.75, 3.05) is 5.75 Å². The molecular formula is C19H18F3N5O3S. The number of rotatable bonds is 5. The van der Waals surface area contributed by atoms with E-state index in [0.29, 0.717) is 10.1 Å². The minimum Gasteiger partial charge on any atom is -0.321 e. The van der Waals surface area contributed by atoms with Crippen LogP contribution in [0.15, 0.2) is 28.0 Å². The quantitative estimate of drug-likeness (QED) is 0.587. The van der Waals surface area contributed by atoms with E-state index in [4.69, 9.17) is 5.26 Å². The van der Waals surface area contributed by atoms with Crippen LogP contribution in [-0.2, 0) is 36.0 Å². The van der Waals surface area contributed by atoms with Gasteiger partial charge >= 0.3 is 6.18 Å². The van der Waals surface area contributed by atoms with Crippen LogP contribution in [0.2, 0.25) is 0 Å². The van der Waals surface area contributed by atoms with Gasteiger partial charge in [0.1, 0.15) is 16.9 Å². The fourth-order valence-electron chi connectivity index (χ4n) is 3.31. The molecule has 31 heavy (non-hydrogen) atoms. The van der Waals surface area contributed by atoms with Crippen LogP contribution in [0.1, 0.15) is 25.1 Å². The first-order valence-corrected chi connectivity index (χ1v) is 10.9.